The van der Waals surface area contributed by atoms with Crippen LogP contribution >= 0.6 is 0 Å². The lowest BCUT2D eigenvalue weighted by Gasteiger charge is -2.37. The molecule has 0 spiro atoms. The summed E-state index contributed by atoms with van der Waals surface area (Å²) in [6.07, 6.45) is 4.94. The van der Waals surface area contributed by atoms with Gasteiger partial charge in [0.2, 0.25) is 5.91 Å². The summed E-state index contributed by atoms with van der Waals surface area (Å²) in [7, 11) is 4.09. The molecule has 2 aliphatic rings. The first-order valence-corrected chi connectivity index (χ1v) is 9.50. The first-order valence-electron chi connectivity index (χ1n) is 9.50. The quantitative estimate of drug-likeness (QED) is 0.759. The highest BCUT2D eigenvalue weighted by Crippen LogP contribution is 2.25. The summed E-state index contributed by atoms with van der Waals surface area (Å²) in [5, 5.41) is 0. The van der Waals surface area contributed by atoms with Gasteiger partial charge in [-0.1, -0.05) is 25.0 Å². The monoisotopic (exact) mass is 345 g/mol. The van der Waals surface area contributed by atoms with Crippen molar-refractivity contribution < 1.29 is 9.53 Å². The van der Waals surface area contributed by atoms with Gasteiger partial charge in [0.15, 0.2) is 0 Å². The minimum absolute atomic E-state index is 0.302. The van der Waals surface area contributed by atoms with Gasteiger partial charge in [-0.05, 0) is 44.6 Å². The number of amides is 1. The molecule has 5 nitrogen and oxygen atoms in total. The summed E-state index contributed by atoms with van der Waals surface area (Å²) in [5.74, 6) is 1.21. The van der Waals surface area contributed by atoms with Gasteiger partial charge in [0.25, 0.3) is 0 Å². The molecule has 2 fully saturated rings. The average Bonchev–Trinajstić information content (AvgIpc) is 3.09. The van der Waals surface area contributed by atoms with Crippen molar-refractivity contribution in [2.24, 2.45) is 0 Å². The molecular weight excluding hydrogens is 314 g/mol. The molecule has 0 unspecified atom stereocenters. The number of benzene rings is 1. The number of carbonyl (C=O) groups excluding carboxylic acids is 1. The zero-order chi connectivity index (χ0) is 17.6. The minimum atomic E-state index is 0.302. The Balaban J connectivity index is 1.50. The van der Waals surface area contributed by atoms with E-state index in [-0.39, 0.29) is 0 Å². The molecular formula is C20H31N3O2. The largest absolute Gasteiger partial charge is 0.492 e. The molecule has 1 aliphatic heterocycles. The van der Waals surface area contributed by atoms with Crippen LogP contribution in [-0.4, -0.2) is 73.5 Å². The Bertz CT molecular complexity index is 570. The Kier molecular flexibility index (Phi) is 6.32. The number of carbonyl (C=O) groups is 1. The molecule has 1 saturated carbocycles. The molecule has 25 heavy (non-hydrogen) atoms. The molecule has 0 aromatic heterocycles. The summed E-state index contributed by atoms with van der Waals surface area (Å²) in [4.78, 5) is 19.0. The average molecular weight is 345 g/mol. The molecule has 1 aromatic carbocycles. The smallest absolute Gasteiger partial charge is 0.237 e. The van der Waals surface area contributed by atoms with E-state index >= 15 is 0 Å². The van der Waals surface area contributed by atoms with Gasteiger partial charge >= 0.3 is 0 Å². The predicted molar refractivity (Wildman–Crippen MR) is 99.7 cm³/mol. The number of piperazine rings is 1. The van der Waals surface area contributed by atoms with Crippen molar-refractivity contribution in [1.82, 2.24) is 14.7 Å². The van der Waals surface area contributed by atoms with E-state index in [4.69, 9.17) is 4.74 Å². The van der Waals surface area contributed by atoms with E-state index < -0.39 is 0 Å². The predicted octanol–water partition coefficient (Wildman–Crippen LogP) is 2.21. The Hall–Kier alpha value is -1.59. The maximum absolute atomic E-state index is 12.5. The van der Waals surface area contributed by atoms with Gasteiger partial charge in [0.05, 0.1) is 6.54 Å². The lowest BCUT2D eigenvalue weighted by atomic mass is 10.1. The maximum atomic E-state index is 12.5. The minimum Gasteiger partial charge on any atom is -0.492 e. The number of hydrogen-bond acceptors (Lipinski definition) is 4. The third-order valence-corrected chi connectivity index (χ3v) is 5.21. The fourth-order valence-corrected chi connectivity index (χ4v) is 3.81. The molecule has 5 heteroatoms. The second-order valence-electron chi connectivity index (χ2n) is 7.54. The molecule has 1 aliphatic carbocycles. The van der Waals surface area contributed by atoms with E-state index in [0.29, 0.717) is 25.1 Å². The Morgan fingerprint density at radius 1 is 1.20 bits per heavy atom. The Labute approximate surface area is 151 Å². The van der Waals surface area contributed by atoms with Crippen molar-refractivity contribution in [1.29, 1.82) is 0 Å². The zero-order valence-corrected chi connectivity index (χ0v) is 15.6. The Morgan fingerprint density at radius 2 is 2.00 bits per heavy atom. The van der Waals surface area contributed by atoms with Crippen molar-refractivity contribution in [3.05, 3.63) is 29.8 Å². The standard InChI is InChI=1S/C20H31N3O2/c1-21(2)12-13-25-19-9-5-6-17(14-19)15-22-10-11-23(20(24)16-22)18-7-3-4-8-18/h5-6,9,14,18H,3-4,7-8,10-13,15-16H2,1-2H3. The van der Waals surface area contributed by atoms with Gasteiger partial charge in [-0.3, -0.25) is 9.69 Å². The van der Waals surface area contributed by atoms with E-state index in [1.807, 2.05) is 26.2 Å². The molecule has 1 saturated heterocycles. The molecule has 0 radical (unpaired) electrons. The van der Waals surface area contributed by atoms with E-state index in [1.165, 1.54) is 31.2 Å². The molecule has 1 aromatic rings. The van der Waals surface area contributed by atoms with Crippen molar-refractivity contribution in [2.75, 3.05) is 46.9 Å². The number of likely N-dealkylation sites (N-methyl/N-ethyl adjacent to an activating group) is 1. The molecule has 138 valence electrons. The van der Waals surface area contributed by atoms with Gasteiger partial charge in [0.1, 0.15) is 12.4 Å². The van der Waals surface area contributed by atoms with Crippen molar-refractivity contribution in [2.45, 2.75) is 38.3 Å². The molecule has 0 bridgehead atoms. The first-order chi connectivity index (χ1) is 12.1. The van der Waals surface area contributed by atoms with Crippen LogP contribution in [0, 0.1) is 0 Å². The van der Waals surface area contributed by atoms with Crippen LogP contribution < -0.4 is 4.74 Å². The SMILES string of the molecule is CN(C)CCOc1cccc(CN2CCN(C3CCCC3)C(=O)C2)c1. The van der Waals surface area contributed by atoms with Crippen LogP contribution in [-0.2, 0) is 11.3 Å². The lowest BCUT2D eigenvalue weighted by molar-refractivity contribution is -0.138. The van der Waals surface area contributed by atoms with E-state index in [0.717, 1.165) is 31.9 Å². The van der Waals surface area contributed by atoms with E-state index in [2.05, 4.69) is 26.8 Å². The third kappa shape index (κ3) is 5.19. The fourth-order valence-electron chi connectivity index (χ4n) is 3.81. The summed E-state index contributed by atoms with van der Waals surface area (Å²) < 4.78 is 5.82. The maximum Gasteiger partial charge on any atom is 0.237 e. The van der Waals surface area contributed by atoms with Gasteiger partial charge in [-0.15, -0.1) is 0 Å². The summed E-state index contributed by atoms with van der Waals surface area (Å²) in [5.41, 5.74) is 1.21. The van der Waals surface area contributed by atoms with E-state index in [1.54, 1.807) is 0 Å². The topological polar surface area (TPSA) is 36.0 Å². The van der Waals surface area contributed by atoms with Crippen LogP contribution in [0.3, 0.4) is 0 Å². The summed E-state index contributed by atoms with van der Waals surface area (Å²) in [6, 6.07) is 8.76. The zero-order valence-electron chi connectivity index (χ0n) is 15.6. The normalized spacial score (nSPS) is 19.8. The number of nitrogens with zero attached hydrogens (tertiary/aromatic N) is 3. The molecule has 1 heterocycles. The van der Waals surface area contributed by atoms with E-state index in [9.17, 15) is 4.79 Å². The van der Waals surface area contributed by atoms with Crippen LogP contribution in [0.5, 0.6) is 5.75 Å². The van der Waals surface area contributed by atoms with Crippen LogP contribution in [0.4, 0.5) is 0 Å². The summed E-state index contributed by atoms with van der Waals surface area (Å²) in [6.45, 7) is 4.80. The highest BCUT2D eigenvalue weighted by Gasteiger charge is 2.31. The van der Waals surface area contributed by atoms with Gasteiger partial charge in [-0.2, -0.15) is 0 Å². The molecule has 0 atom stereocenters. The number of ether oxygens (including phenoxy) is 1. The first kappa shape index (κ1) is 18.2. The number of rotatable bonds is 7. The molecule has 1 amide bonds. The Morgan fingerprint density at radius 3 is 2.72 bits per heavy atom. The lowest BCUT2D eigenvalue weighted by Crippen LogP contribution is -2.53. The molecule has 0 N–H and O–H groups in total. The van der Waals surface area contributed by atoms with Crippen molar-refractivity contribution in [3.63, 3.8) is 0 Å². The van der Waals surface area contributed by atoms with Crippen LogP contribution in [0.1, 0.15) is 31.2 Å². The van der Waals surface area contributed by atoms with Crippen LogP contribution in [0.15, 0.2) is 24.3 Å². The fraction of sp³-hybridized carbons (Fsp3) is 0.650. The van der Waals surface area contributed by atoms with Gasteiger partial charge in [0, 0.05) is 32.2 Å². The van der Waals surface area contributed by atoms with Gasteiger partial charge < -0.3 is 14.5 Å². The van der Waals surface area contributed by atoms with Crippen molar-refractivity contribution >= 4 is 5.91 Å². The second-order valence-corrected chi connectivity index (χ2v) is 7.54. The van der Waals surface area contributed by atoms with Gasteiger partial charge in [-0.25, -0.2) is 0 Å². The van der Waals surface area contributed by atoms with Crippen molar-refractivity contribution in [3.8, 4) is 5.75 Å². The summed E-state index contributed by atoms with van der Waals surface area (Å²) >= 11 is 0. The highest BCUT2D eigenvalue weighted by molar-refractivity contribution is 5.79. The van der Waals surface area contributed by atoms with Crippen LogP contribution in [0.2, 0.25) is 0 Å². The molecule has 3 rings (SSSR count). The van der Waals surface area contributed by atoms with Crippen LogP contribution in [0.25, 0.3) is 0 Å². The number of hydrogen-bond donors (Lipinski definition) is 0. The second kappa shape index (κ2) is 8.68. The third-order valence-electron chi connectivity index (χ3n) is 5.21. The highest BCUT2D eigenvalue weighted by atomic mass is 16.5.